The van der Waals surface area contributed by atoms with Crippen molar-refractivity contribution in [2.75, 3.05) is 19.7 Å². The average Bonchev–Trinajstić information content (AvgIpc) is 2.64. The van der Waals surface area contributed by atoms with E-state index in [2.05, 4.69) is 31.4 Å². The predicted octanol–water partition coefficient (Wildman–Crippen LogP) is 3.14. The van der Waals surface area contributed by atoms with Crippen LogP contribution >= 0.6 is 0 Å². The van der Waals surface area contributed by atoms with Gasteiger partial charge in [0, 0.05) is 6.04 Å². The number of nitrogens with one attached hydrogen (secondary N) is 2. The lowest BCUT2D eigenvalue weighted by atomic mass is 9.69. The Balaban J connectivity index is 1.42. The van der Waals surface area contributed by atoms with Crippen LogP contribution in [0.2, 0.25) is 0 Å². The lowest BCUT2D eigenvalue weighted by Gasteiger charge is -2.41. The van der Waals surface area contributed by atoms with Gasteiger partial charge in [0.2, 0.25) is 5.91 Å². The van der Waals surface area contributed by atoms with Gasteiger partial charge in [0.1, 0.15) is 12.7 Å². The Bertz CT molecular complexity index is 612. The summed E-state index contributed by atoms with van der Waals surface area (Å²) in [6, 6.07) is 8.05. The van der Waals surface area contributed by atoms with Gasteiger partial charge >= 0.3 is 0 Å². The Labute approximate surface area is 156 Å². The van der Waals surface area contributed by atoms with Gasteiger partial charge in [0.15, 0.2) is 11.5 Å². The van der Waals surface area contributed by atoms with Crippen LogP contribution in [0, 0.1) is 11.3 Å². The summed E-state index contributed by atoms with van der Waals surface area (Å²) in [4.78, 5) is 12.3. The molecule has 1 amide bonds. The fourth-order valence-corrected chi connectivity index (χ4v) is 4.09. The maximum absolute atomic E-state index is 12.3. The molecule has 0 spiro atoms. The molecule has 0 bridgehead atoms. The Morgan fingerprint density at radius 2 is 1.88 bits per heavy atom. The largest absolute Gasteiger partial charge is 0.486 e. The Kier molecular flexibility index (Phi) is 6.07. The van der Waals surface area contributed by atoms with Crippen molar-refractivity contribution >= 4 is 5.91 Å². The summed E-state index contributed by atoms with van der Waals surface area (Å²) >= 11 is 0. The van der Waals surface area contributed by atoms with E-state index in [0.717, 1.165) is 17.9 Å². The van der Waals surface area contributed by atoms with Crippen LogP contribution in [-0.4, -0.2) is 37.7 Å². The maximum atomic E-state index is 12.3. The Hall–Kier alpha value is -1.75. The van der Waals surface area contributed by atoms with Crippen LogP contribution in [0.5, 0.6) is 11.5 Å². The van der Waals surface area contributed by atoms with E-state index < -0.39 is 0 Å². The van der Waals surface area contributed by atoms with E-state index >= 15 is 0 Å². The smallest absolute Gasteiger partial charge is 0.234 e. The molecular formula is C21H32N2O3. The molecule has 3 atom stereocenters. The third kappa shape index (κ3) is 4.91. The van der Waals surface area contributed by atoms with Gasteiger partial charge in [0.25, 0.3) is 0 Å². The molecule has 1 fully saturated rings. The van der Waals surface area contributed by atoms with Crippen LogP contribution in [-0.2, 0) is 4.79 Å². The van der Waals surface area contributed by atoms with Crippen LogP contribution in [0.1, 0.15) is 46.5 Å². The molecule has 5 heteroatoms. The third-order valence-electron chi connectivity index (χ3n) is 5.50. The molecule has 1 heterocycles. The summed E-state index contributed by atoms with van der Waals surface area (Å²) in [7, 11) is 0. The van der Waals surface area contributed by atoms with Crippen molar-refractivity contribution in [3.8, 4) is 11.5 Å². The van der Waals surface area contributed by atoms with Crippen molar-refractivity contribution in [3.63, 3.8) is 0 Å². The first kappa shape index (κ1) is 19.0. The topological polar surface area (TPSA) is 59.6 Å². The second kappa shape index (κ2) is 8.30. The Morgan fingerprint density at radius 3 is 2.65 bits per heavy atom. The van der Waals surface area contributed by atoms with E-state index in [0.29, 0.717) is 31.7 Å². The zero-order valence-corrected chi connectivity index (χ0v) is 16.2. The molecular weight excluding hydrogens is 328 g/mol. The fourth-order valence-electron chi connectivity index (χ4n) is 4.09. The van der Waals surface area contributed by atoms with Crippen LogP contribution in [0.3, 0.4) is 0 Å². The molecule has 3 rings (SSSR count). The molecule has 0 aromatic heterocycles. The quantitative estimate of drug-likeness (QED) is 0.847. The number of carbonyl (C=O) groups excluding carboxylic acids is 1. The van der Waals surface area contributed by atoms with Crippen molar-refractivity contribution in [2.24, 2.45) is 11.3 Å². The average molecular weight is 360 g/mol. The molecule has 2 aliphatic rings. The van der Waals surface area contributed by atoms with Gasteiger partial charge in [0.05, 0.1) is 13.1 Å². The number of ether oxygens (including phenoxy) is 2. The fraction of sp³-hybridized carbons (Fsp3) is 0.667. The normalized spacial score (nSPS) is 25.6. The number of fused-ring (bicyclic) bond motifs is 1. The van der Waals surface area contributed by atoms with Crippen molar-refractivity contribution in [1.29, 1.82) is 0 Å². The lowest BCUT2D eigenvalue weighted by Crippen LogP contribution is -2.49. The highest BCUT2D eigenvalue weighted by molar-refractivity contribution is 5.78. The zero-order chi connectivity index (χ0) is 18.6. The molecule has 1 saturated carbocycles. The number of para-hydroxylation sites is 2. The van der Waals surface area contributed by atoms with Crippen LogP contribution in [0.4, 0.5) is 0 Å². The molecule has 0 radical (unpaired) electrons. The van der Waals surface area contributed by atoms with E-state index in [9.17, 15) is 4.79 Å². The van der Waals surface area contributed by atoms with Crippen LogP contribution in [0.15, 0.2) is 24.3 Å². The number of hydrogen-bond donors (Lipinski definition) is 2. The van der Waals surface area contributed by atoms with Gasteiger partial charge < -0.3 is 20.1 Å². The zero-order valence-electron chi connectivity index (χ0n) is 16.2. The van der Waals surface area contributed by atoms with Gasteiger partial charge in [-0.25, -0.2) is 0 Å². The van der Waals surface area contributed by atoms with Gasteiger partial charge in [-0.05, 0) is 36.3 Å². The molecule has 1 aromatic rings. The summed E-state index contributed by atoms with van der Waals surface area (Å²) in [6.45, 7) is 8.19. The SMILES string of the molecule is CC(C)(C)C1CCCCC1NCC(=O)NCC1COc2ccccc2O1. The molecule has 3 unspecified atom stereocenters. The number of rotatable bonds is 5. The molecule has 5 nitrogen and oxygen atoms in total. The molecule has 1 aliphatic heterocycles. The third-order valence-corrected chi connectivity index (χ3v) is 5.50. The molecule has 26 heavy (non-hydrogen) atoms. The van der Waals surface area contributed by atoms with E-state index in [-0.39, 0.29) is 17.4 Å². The first-order valence-electron chi connectivity index (χ1n) is 9.82. The van der Waals surface area contributed by atoms with Crippen molar-refractivity contribution in [2.45, 2.75) is 58.6 Å². The second-order valence-corrected chi connectivity index (χ2v) is 8.55. The van der Waals surface area contributed by atoms with E-state index in [1.54, 1.807) is 0 Å². The molecule has 1 aromatic carbocycles. The minimum absolute atomic E-state index is 0.0192. The first-order chi connectivity index (χ1) is 12.4. The maximum Gasteiger partial charge on any atom is 0.234 e. The Morgan fingerprint density at radius 1 is 1.15 bits per heavy atom. The highest BCUT2D eigenvalue weighted by Crippen LogP contribution is 2.37. The minimum atomic E-state index is -0.147. The highest BCUT2D eigenvalue weighted by Gasteiger charge is 2.34. The molecule has 2 N–H and O–H groups in total. The van der Waals surface area contributed by atoms with Crippen LogP contribution < -0.4 is 20.1 Å². The number of amides is 1. The lowest BCUT2D eigenvalue weighted by molar-refractivity contribution is -0.121. The number of benzene rings is 1. The highest BCUT2D eigenvalue weighted by atomic mass is 16.6. The van der Waals surface area contributed by atoms with Gasteiger partial charge in [-0.15, -0.1) is 0 Å². The van der Waals surface area contributed by atoms with Gasteiger partial charge in [-0.1, -0.05) is 45.7 Å². The van der Waals surface area contributed by atoms with Gasteiger partial charge in [-0.2, -0.15) is 0 Å². The minimum Gasteiger partial charge on any atom is -0.486 e. The van der Waals surface area contributed by atoms with Crippen molar-refractivity contribution in [1.82, 2.24) is 10.6 Å². The van der Waals surface area contributed by atoms with Crippen LogP contribution in [0.25, 0.3) is 0 Å². The van der Waals surface area contributed by atoms with Crippen molar-refractivity contribution in [3.05, 3.63) is 24.3 Å². The summed E-state index contributed by atoms with van der Waals surface area (Å²) in [5.41, 5.74) is 0.273. The monoisotopic (exact) mass is 360 g/mol. The molecule has 1 aliphatic carbocycles. The number of hydrogen-bond acceptors (Lipinski definition) is 4. The van der Waals surface area contributed by atoms with E-state index in [4.69, 9.17) is 9.47 Å². The summed E-state index contributed by atoms with van der Waals surface area (Å²) < 4.78 is 11.6. The number of carbonyl (C=O) groups is 1. The predicted molar refractivity (Wildman–Crippen MR) is 103 cm³/mol. The summed E-state index contributed by atoms with van der Waals surface area (Å²) in [5.74, 6) is 2.15. The van der Waals surface area contributed by atoms with Gasteiger partial charge in [-0.3, -0.25) is 4.79 Å². The van der Waals surface area contributed by atoms with E-state index in [1.165, 1.54) is 19.3 Å². The standard InChI is InChI=1S/C21H32N2O3/c1-21(2,3)16-8-4-5-9-17(16)22-13-20(24)23-12-15-14-25-18-10-6-7-11-19(18)26-15/h6-7,10-11,15-17,22H,4-5,8-9,12-14H2,1-3H3,(H,23,24). The second-order valence-electron chi connectivity index (χ2n) is 8.55. The summed E-state index contributed by atoms with van der Waals surface area (Å²) in [6.07, 6.45) is 4.80. The van der Waals surface area contributed by atoms with Crippen molar-refractivity contribution < 1.29 is 14.3 Å². The van der Waals surface area contributed by atoms with E-state index in [1.807, 2.05) is 24.3 Å². The first-order valence-corrected chi connectivity index (χ1v) is 9.82. The molecule has 0 saturated heterocycles. The summed E-state index contributed by atoms with van der Waals surface area (Å²) in [5, 5.41) is 6.47. The molecule has 144 valence electrons.